The first-order chi connectivity index (χ1) is 9.93. The molecule has 0 aliphatic heterocycles. The van der Waals surface area contributed by atoms with Crippen LogP contribution in [-0.2, 0) is 0 Å². The van der Waals surface area contributed by atoms with Crippen molar-refractivity contribution in [1.82, 2.24) is 0 Å². The summed E-state index contributed by atoms with van der Waals surface area (Å²) in [4.78, 5) is 11.9. The number of hydrogen-bond donors (Lipinski definition) is 1. The standard InChI is InChI=1S/C14H9ClF3NO2/c1-21-11-5-2-7(15)6-10(11)19-14(20)8-3-4-9(16)13(18)12(8)17/h2-6H,1H3,(H,19,20). The van der Waals surface area contributed by atoms with E-state index in [9.17, 15) is 18.0 Å². The Balaban J connectivity index is 2.35. The molecule has 0 spiro atoms. The van der Waals surface area contributed by atoms with Crippen molar-refractivity contribution in [2.75, 3.05) is 12.4 Å². The van der Waals surface area contributed by atoms with Crippen LogP contribution >= 0.6 is 11.6 Å². The highest BCUT2D eigenvalue weighted by atomic mass is 35.5. The predicted octanol–water partition coefficient (Wildman–Crippen LogP) is 4.02. The zero-order valence-corrected chi connectivity index (χ0v) is 11.5. The van der Waals surface area contributed by atoms with E-state index >= 15 is 0 Å². The summed E-state index contributed by atoms with van der Waals surface area (Å²) in [7, 11) is 1.37. The van der Waals surface area contributed by atoms with Gasteiger partial charge >= 0.3 is 0 Å². The maximum Gasteiger partial charge on any atom is 0.258 e. The molecule has 2 aromatic rings. The van der Waals surface area contributed by atoms with Gasteiger partial charge in [0.05, 0.1) is 18.4 Å². The first kappa shape index (κ1) is 15.2. The van der Waals surface area contributed by atoms with E-state index in [1.54, 1.807) is 0 Å². The molecule has 0 radical (unpaired) electrons. The Morgan fingerprint density at radius 2 is 1.86 bits per heavy atom. The van der Waals surface area contributed by atoms with Crippen LogP contribution < -0.4 is 10.1 Å². The van der Waals surface area contributed by atoms with Crippen molar-refractivity contribution in [2.45, 2.75) is 0 Å². The van der Waals surface area contributed by atoms with E-state index < -0.39 is 28.9 Å². The first-order valence-electron chi connectivity index (χ1n) is 5.72. The van der Waals surface area contributed by atoms with Gasteiger partial charge < -0.3 is 10.1 Å². The molecule has 2 rings (SSSR count). The minimum Gasteiger partial charge on any atom is -0.495 e. The Kier molecular flexibility index (Phi) is 4.37. The minimum absolute atomic E-state index is 0.180. The zero-order valence-electron chi connectivity index (χ0n) is 10.7. The highest BCUT2D eigenvalue weighted by Crippen LogP contribution is 2.28. The normalized spacial score (nSPS) is 10.3. The van der Waals surface area contributed by atoms with E-state index in [1.165, 1.54) is 25.3 Å². The second-order valence-electron chi connectivity index (χ2n) is 4.02. The summed E-state index contributed by atoms with van der Waals surface area (Å²) in [6.45, 7) is 0. The number of rotatable bonds is 3. The lowest BCUT2D eigenvalue weighted by molar-refractivity contribution is 0.102. The Bertz CT molecular complexity index is 707. The van der Waals surface area contributed by atoms with Crippen molar-refractivity contribution in [3.63, 3.8) is 0 Å². The van der Waals surface area contributed by atoms with Crippen LogP contribution in [0.2, 0.25) is 5.02 Å². The molecule has 0 saturated heterocycles. The second kappa shape index (κ2) is 6.05. The van der Waals surface area contributed by atoms with Crippen LogP contribution in [-0.4, -0.2) is 13.0 Å². The molecule has 1 amide bonds. The molecule has 1 N–H and O–H groups in total. The molecule has 0 heterocycles. The number of halogens is 4. The molecule has 21 heavy (non-hydrogen) atoms. The lowest BCUT2D eigenvalue weighted by Gasteiger charge is -2.11. The highest BCUT2D eigenvalue weighted by Gasteiger charge is 2.19. The molecule has 0 bridgehead atoms. The molecule has 7 heteroatoms. The van der Waals surface area contributed by atoms with Crippen LogP contribution in [0.5, 0.6) is 5.75 Å². The number of carbonyl (C=O) groups excluding carboxylic acids is 1. The van der Waals surface area contributed by atoms with Crippen LogP contribution in [0, 0.1) is 17.5 Å². The molecular formula is C14H9ClF3NO2. The van der Waals surface area contributed by atoms with E-state index in [0.717, 1.165) is 6.07 Å². The van der Waals surface area contributed by atoms with Crippen molar-refractivity contribution in [2.24, 2.45) is 0 Å². The third-order valence-corrected chi connectivity index (χ3v) is 2.92. The van der Waals surface area contributed by atoms with Gasteiger partial charge in [-0.05, 0) is 30.3 Å². The Hall–Kier alpha value is -2.21. The minimum atomic E-state index is -1.71. The molecule has 2 aromatic carbocycles. The van der Waals surface area contributed by atoms with Gasteiger partial charge in [0.15, 0.2) is 17.5 Å². The van der Waals surface area contributed by atoms with Crippen LogP contribution in [0.3, 0.4) is 0 Å². The second-order valence-corrected chi connectivity index (χ2v) is 4.46. The summed E-state index contributed by atoms with van der Waals surface area (Å²) in [6, 6.07) is 5.94. The summed E-state index contributed by atoms with van der Waals surface area (Å²) < 4.78 is 44.5. The maximum absolute atomic E-state index is 13.5. The summed E-state index contributed by atoms with van der Waals surface area (Å²) in [5.74, 6) is -5.30. The molecule has 0 atom stereocenters. The summed E-state index contributed by atoms with van der Waals surface area (Å²) in [6.07, 6.45) is 0. The van der Waals surface area contributed by atoms with Gasteiger partial charge in [-0.3, -0.25) is 4.79 Å². The SMILES string of the molecule is COc1ccc(Cl)cc1NC(=O)c1ccc(F)c(F)c1F. The number of hydrogen-bond acceptors (Lipinski definition) is 2. The highest BCUT2D eigenvalue weighted by molar-refractivity contribution is 6.31. The summed E-state index contributed by atoms with van der Waals surface area (Å²) >= 11 is 5.79. The molecule has 0 aliphatic rings. The average molecular weight is 316 g/mol. The topological polar surface area (TPSA) is 38.3 Å². The average Bonchev–Trinajstić information content (AvgIpc) is 2.45. The molecule has 0 aromatic heterocycles. The number of anilines is 1. The fraction of sp³-hybridized carbons (Fsp3) is 0.0714. The Morgan fingerprint density at radius 3 is 2.52 bits per heavy atom. The van der Waals surface area contributed by atoms with Crippen LogP contribution in [0.25, 0.3) is 0 Å². The fourth-order valence-electron chi connectivity index (χ4n) is 1.67. The van der Waals surface area contributed by atoms with Crippen molar-refractivity contribution in [3.05, 3.63) is 58.4 Å². The van der Waals surface area contributed by atoms with E-state index in [0.29, 0.717) is 11.1 Å². The van der Waals surface area contributed by atoms with Gasteiger partial charge in [-0.15, -0.1) is 0 Å². The molecule has 110 valence electrons. The quantitative estimate of drug-likeness (QED) is 0.869. The lowest BCUT2D eigenvalue weighted by Crippen LogP contribution is -2.15. The number of ether oxygens (including phenoxy) is 1. The number of methoxy groups -OCH3 is 1. The number of carbonyl (C=O) groups is 1. The smallest absolute Gasteiger partial charge is 0.258 e. The fourth-order valence-corrected chi connectivity index (χ4v) is 1.84. The number of amides is 1. The first-order valence-corrected chi connectivity index (χ1v) is 6.10. The zero-order chi connectivity index (χ0) is 15.6. The molecule has 0 saturated carbocycles. The van der Waals surface area contributed by atoms with Gasteiger partial charge in [0.1, 0.15) is 5.75 Å². The largest absolute Gasteiger partial charge is 0.495 e. The molecule has 3 nitrogen and oxygen atoms in total. The molecule has 0 unspecified atom stereocenters. The molecule has 0 aliphatic carbocycles. The van der Waals surface area contributed by atoms with Crippen LogP contribution in [0.1, 0.15) is 10.4 Å². The lowest BCUT2D eigenvalue weighted by atomic mass is 10.1. The third-order valence-electron chi connectivity index (χ3n) is 2.69. The third kappa shape index (κ3) is 3.11. The van der Waals surface area contributed by atoms with E-state index in [-0.39, 0.29) is 11.4 Å². The van der Waals surface area contributed by atoms with Crippen molar-refractivity contribution in [3.8, 4) is 5.75 Å². The Labute approximate surface area is 123 Å². The van der Waals surface area contributed by atoms with E-state index in [1.807, 2.05) is 0 Å². The van der Waals surface area contributed by atoms with Gasteiger partial charge in [-0.25, -0.2) is 13.2 Å². The molecular weight excluding hydrogens is 307 g/mol. The van der Waals surface area contributed by atoms with Gasteiger partial charge in [-0.2, -0.15) is 0 Å². The molecule has 0 fully saturated rings. The van der Waals surface area contributed by atoms with Gasteiger partial charge in [-0.1, -0.05) is 11.6 Å². The van der Waals surface area contributed by atoms with Crippen LogP contribution in [0.4, 0.5) is 18.9 Å². The van der Waals surface area contributed by atoms with Crippen molar-refractivity contribution < 1.29 is 22.7 Å². The van der Waals surface area contributed by atoms with E-state index in [2.05, 4.69) is 5.32 Å². The monoisotopic (exact) mass is 315 g/mol. The van der Waals surface area contributed by atoms with Crippen LogP contribution in [0.15, 0.2) is 30.3 Å². The van der Waals surface area contributed by atoms with Gasteiger partial charge in [0, 0.05) is 5.02 Å². The Morgan fingerprint density at radius 1 is 1.14 bits per heavy atom. The van der Waals surface area contributed by atoms with E-state index in [4.69, 9.17) is 16.3 Å². The number of benzene rings is 2. The summed E-state index contributed by atoms with van der Waals surface area (Å²) in [5.41, 5.74) is -0.449. The number of nitrogens with one attached hydrogen (secondary N) is 1. The van der Waals surface area contributed by atoms with Crippen molar-refractivity contribution in [1.29, 1.82) is 0 Å². The summed E-state index contributed by atoms with van der Waals surface area (Å²) in [5, 5.41) is 2.65. The van der Waals surface area contributed by atoms with Gasteiger partial charge in [0.25, 0.3) is 5.91 Å². The van der Waals surface area contributed by atoms with Gasteiger partial charge in [0.2, 0.25) is 0 Å². The maximum atomic E-state index is 13.5. The predicted molar refractivity (Wildman–Crippen MR) is 72.3 cm³/mol. The van der Waals surface area contributed by atoms with Crippen molar-refractivity contribution >= 4 is 23.2 Å².